The lowest BCUT2D eigenvalue weighted by Crippen LogP contribution is -2.44. The summed E-state index contributed by atoms with van der Waals surface area (Å²) in [5.74, 6) is 0.343. The van der Waals surface area contributed by atoms with Gasteiger partial charge in [-0.1, -0.05) is 37.0 Å². The van der Waals surface area contributed by atoms with Gasteiger partial charge in [-0.25, -0.2) is 0 Å². The summed E-state index contributed by atoms with van der Waals surface area (Å²) in [5, 5.41) is 16.9. The van der Waals surface area contributed by atoms with Gasteiger partial charge in [-0.3, -0.25) is 4.79 Å². The maximum atomic E-state index is 12.3. The normalized spacial score (nSPS) is 18.4. The van der Waals surface area contributed by atoms with Gasteiger partial charge >= 0.3 is 0 Å². The number of carbonyl (C=O) groups excluding carboxylic acids is 1. The number of amides is 1. The Hall–Kier alpha value is -0.660. The number of halogens is 2. The molecular formula is C20H30Cl2N2O3S. The Bertz CT molecular complexity index is 705. The van der Waals surface area contributed by atoms with Crippen molar-refractivity contribution in [2.45, 2.75) is 57.6 Å². The van der Waals surface area contributed by atoms with Gasteiger partial charge in [0.05, 0.1) is 10.0 Å². The van der Waals surface area contributed by atoms with Crippen molar-refractivity contribution >= 4 is 40.5 Å². The van der Waals surface area contributed by atoms with Crippen LogP contribution in [0.3, 0.4) is 0 Å². The van der Waals surface area contributed by atoms with Crippen LogP contribution in [0, 0.1) is 11.8 Å². The quantitative estimate of drug-likeness (QED) is 0.627. The van der Waals surface area contributed by atoms with Crippen LogP contribution in [0.1, 0.15) is 58.4 Å². The highest BCUT2D eigenvalue weighted by atomic mass is 35.5. The van der Waals surface area contributed by atoms with Crippen LogP contribution in [0.5, 0.6) is 5.75 Å². The van der Waals surface area contributed by atoms with Crippen LogP contribution in [0.15, 0.2) is 12.1 Å². The van der Waals surface area contributed by atoms with Crippen molar-refractivity contribution < 1.29 is 14.5 Å². The molecule has 1 aromatic rings. The molecule has 1 amide bonds. The number of nitrogens with two attached hydrogens (primary N) is 1. The molecule has 5 nitrogen and oxygen atoms in total. The second kappa shape index (κ2) is 9.43. The van der Waals surface area contributed by atoms with Crippen molar-refractivity contribution in [2.75, 3.05) is 13.1 Å². The first kappa shape index (κ1) is 23.6. The zero-order chi connectivity index (χ0) is 21.2. The van der Waals surface area contributed by atoms with E-state index in [9.17, 15) is 14.5 Å². The fourth-order valence-corrected chi connectivity index (χ4v) is 4.55. The number of rotatable bonds is 6. The standard InChI is InChI=1S/C20H30Cl2N2O3S/c1-12(2)19(26)24-7-5-13(6-8-24)15(11-20(3,4)28(23)27)14-9-16(21)17(22)10-18(14)25/h9-10,12-13,15,25H,5-8,11,23H2,1-4H3. The summed E-state index contributed by atoms with van der Waals surface area (Å²) < 4.78 is 11.4. The lowest BCUT2D eigenvalue weighted by atomic mass is 9.75. The Morgan fingerprint density at radius 1 is 1.32 bits per heavy atom. The van der Waals surface area contributed by atoms with Gasteiger partial charge in [0.2, 0.25) is 5.91 Å². The molecule has 1 heterocycles. The van der Waals surface area contributed by atoms with Crippen LogP contribution >= 0.6 is 23.2 Å². The van der Waals surface area contributed by atoms with Crippen molar-refractivity contribution in [2.24, 2.45) is 17.0 Å². The molecule has 0 aliphatic carbocycles. The third-order valence-corrected chi connectivity index (χ3v) is 7.62. The number of hydrogen-bond acceptors (Lipinski definition) is 4. The molecule has 1 aliphatic heterocycles. The molecule has 1 aromatic carbocycles. The van der Waals surface area contributed by atoms with Crippen LogP contribution in [0.4, 0.5) is 0 Å². The van der Waals surface area contributed by atoms with Crippen molar-refractivity contribution in [1.82, 2.24) is 4.90 Å². The molecule has 8 heteroatoms. The number of benzene rings is 1. The van der Waals surface area contributed by atoms with Crippen LogP contribution in [0.25, 0.3) is 0 Å². The number of carbonyl (C=O) groups is 1. The van der Waals surface area contributed by atoms with Gasteiger partial charge in [-0.05, 0) is 50.2 Å². The fourth-order valence-electron chi connectivity index (χ4n) is 3.88. The van der Waals surface area contributed by atoms with Crippen LogP contribution in [0.2, 0.25) is 10.0 Å². The monoisotopic (exact) mass is 448 g/mol. The molecule has 0 radical (unpaired) electrons. The van der Waals surface area contributed by atoms with E-state index in [-0.39, 0.29) is 29.4 Å². The lowest BCUT2D eigenvalue weighted by molar-refractivity contribution is -0.136. The van der Waals surface area contributed by atoms with Crippen molar-refractivity contribution in [1.29, 1.82) is 0 Å². The summed E-state index contributed by atoms with van der Waals surface area (Å²) in [7, 11) is 0. The molecule has 1 saturated heterocycles. The minimum Gasteiger partial charge on any atom is -0.598 e. The molecule has 1 fully saturated rings. The fraction of sp³-hybridized carbons (Fsp3) is 0.650. The summed E-state index contributed by atoms with van der Waals surface area (Å²) in [6.07, 6.45) is 2.14. The first-order valence-corrected chi connectivity index (χ1v) is 11.5. The van der Waals surface area contributed by atoms with Gasteiger partial charge in [0, 0.05) is 42.9 Å². The zero-order valence-corrected chi connectivity index (χ0v) is 19.2. The van der Waals surface area contributed by atoms with E-state index < -0.39 is 16.1 Å². The van der Waals surface area contributed by atoms with Gasteiger partial charge in [0.1, 0.15) is 10.5 Å². The maximum absolute atomic E-state index is 12.3. The molecule has 2 unspecified atom stereocenters. The summed E-state index contributed by atoms with van der Waals surface area (Å²) in [6, 6.07) is 3.15. The molecule has 1 aliphatic rings. The van der Waals surface area contributed by atoms with Crippen molar-refractivity contribution in [3.63, 3.8) is 0 Å². The molecular weight excluding hydrogens is 419 g/mol. The summed E-state index contributed by atoms with van der Waals surface area (Å²) >= 11 is 10.7. The molecule has 158 valence electrons. The van der Waals surface area contributed by atoms with Crippen LogP contribution in [-0.4, -0.2) is 38.3 Å². The molecule has 0 saturated carbocycles. The summed E-state index contributed by atoms with van der Waals surface area (Å²) in [4.78, 5) is 14.2. The second-order valence-electron chi connectivity index (χ2n) is 8.51. The van der Waals surface area contributed by atoms with E-state index >= 15 is 0 Å². The largest absolute Gasteiger partial charge is 0.598 e. The van der Waals surface area contributed by atoms with Gasteiger partial charge in [-0.15, -0.1) is 0 Å². The Morgan fingerprint density at radius 3 is 2.36 bits per heavy atom. The van der Waals surface area contributed by atoms with E-state index in [1.165, 1.54) is 6.07 Å². The highest BCUT2D eigenvalue weighted by molar-refractivity contribution is 7.90. The molecule has 0 bridgehead atoms. The number of likely N-dealkylation sites (tertiary alicyclic amines) is 1. The number of phenolic OH excluding ortho intramolecular Hbond substituents is 1. The van der Waals surface area contributed by atoms with Gasteiger partial charge in [0.25, 0.3) is 0 Å². The van der Waals surface area contributed by atoms with Gasteiger partial charge in [0.15, 0.2) is 0 Å². The molecule has 28 heavy (non-hydrogen) atoms. The lowest BCUT2D eigenvalue weighted by Gasteiger charge is -2.39. The Morgan fingerprint density at radius 2 is 1.86 bits per heavy atom. The molecule has 2 atom stereocenters. The van der Waals surface area contributed by atoms with E-state index in [4.69, 9.17) is 28.3 Å². The first-order chi connectivity index (χ1) is 12.9. The third kappa shape index (κ3) is 5.48. The number of nitrogens with zero attached hydrogens (tertiary/aromatic N) is 1. The highest BCUT2D eigenvalue weighted by Gasteiger charge is 2.39. The van der Waals surface area contributed by atoms with E-state index in [1.54, 1.807) is 6.07 Å². The average molecular weight is 449 g/mol. The molecule has 0 spiro atoms. The summed E-state index contributed by atoms with van der Waals surface area (Å²) in [5.41, 5.74) is 0.696. The highest BCUT2D eigenvalue weighted by Crippen LogP contribution is 2.45. The predicted octanol–water partition coefficient (Wildman–Crippen LogP) is 4.47. The number of hydrogen-bond donors (Lipinski definition) is 2. The minimum atomic E-state index is -1.52. The molecule has 0 aromatic heterocycles. The number of aromatic hydroxyl groups is 1. The summed E-state index contributed by atoms with van der Waals surface area (Å²) in [6.45, 7) is 8.89. The maximum Gasteiger partial charge on any atom is 0.225 e. The SMILES string of the molecule is CC(C)C(=O)N1CCC(C(CC(C)(C)[S+](N)[O-])c2cc(Cl)c(Cl)cc2O)CC1. The Labute approximate surface area is 180 Å². The Kier molecular flexibility index (Phi) is 7.96. The van der Waals surface area contributed by atoms with Crippen LogP contribution < -0.4 is 5.14 Å². The van der Waals surface area contributed by atoms with Crippen molar-refractivity contribution in [3.05, 3.63) is 27.7 Å². The first-order valence-electron chi connectivity index (χ1n) is 9.57. The predicted molar refractivity (Wildman–Crippen MR) is 116 cm³/mol. The topological polar surface area (TPSA) is 89.6 Å². The van der Waals surface area contributed by atoms with Crippen molar-refractivity contribution in [3.8, 4) is 5.75 Å². The Balaban J connectivity index is 2.30. The molecule has 2 rings (SSSR count). The van der Waals surface area contributed by atoms with E-state index in [0.29, 0.717) is 35.1 Å². The van der Waals surface area contributed by atoms with Crippen LogP contribution in [-0.2, 0) is 16.2 Å². The minimum absolute atomic E-state index is 0.0231. The second-order valence-corrected chi connectivity index (χ2v) is 11.0. The van der Waals surface area contributed by atoms with E-state index in [2.05, 4.69) is 0 Å². The van der Waals surface area contributed by atoms with Gasteiger partial charge in [-0.2, -0.15) is 5.14 Å². The van der Waals surface area contributed by atoms with Gasteiger partial charge < -0.3 is 14.6 Å². The van der Waals surface area contributed by atoms with E-state index in [0.717, 1.165) is 12.8 Å². The van der Waals surface area contributed by atoms with E-state index in [1.807, 2.05) is 32.6 Å². The average Bonchev–Trinajstić information content (AvgIpc) is 2.62. The number of phenols is 1. The molecule has 3 N–H and O–H groups in total. The third-order valence-electron chi connectivity index (χ3n) is 5.64. The number of piperidine rings is 1. The zero-order valence-electron chi connectivity index (χ0n) is 16.9. The smallest absolute Gasteiger partial charge is 0.225 e.